The third-order valence-electron chi connectivity index (χ3n) is 3.24. The molecule has 1 aromatic carbocycles. The topological polar surface area (TPSA) is 49.8 Å². The predicted octanol–water partition coefficient (Wildman–Crippen LogP) is 5.05. The van der Waals surface area contributed by atoms with Crippen LogP contribution in [0.15, 0.2) is 33.2 Å². The van der Waals surface area contributed by atoms with Gasteiger partial charge in [-0.15, -0.1) is 0 Å². The Bertz CT molecular complexity index is 656. The monoisotopic (exact) mass is 410 g/mol. The van der Waals surface area contributed by atoms with Crippen molar-refractivity contribution in [2.75, 3.05) is 17.2 Å². The molecule has 1 aliphatic rings. The first-order chi connectivity index (χ1) is 10.2. The Balaban J connectivity index is 1.89. The molecule has 1 heterocycles. The summed E-state index contributed by atoms with van der Waals surface area (Å²) in [6.07, 6.45) is 2.38. The van der Waals surface area contributed by atoms with Gasteiger partial charge in [0.05, 0.1) is 5.69 Å². The second-order valence-corrected chi connectivity index (χ2v) is 6.82. The summed E-state index contributed by atoms with van der Waals surface area (Å²) in [5.74, 6) is 3.16. The smallest absolute Gasteiger partial charge is 0.136 e. The Morgan fingerprint density at radius 2 is 1.90 bits per heavy atom. The molecular weight excluding hydrogens is 396 g/mol. The largest absolute Gasteiger partial charge is 0.370 e. The fourth-order valence-electron chi connectivity index (χ4n) is 2.05. The van der Waals surface area contributed by atoms with Gasteiger partial charge in [-0.05, 0) is 53.9 Å². The lowest BCUT2D eigenvalue weighted by atomic mass is 10.3. The molecule has 0 spiro atoms. The van der Waals surface area contributed by atoms with Crippen molar-refractivity contribution in [3.05, 3.63) is 39.0 Å². The molecular formula is C15H16Br2N4. The van der Waals surface area contributed by atoms with Crippen LogP contribution in [0.5, 0.6) is 0 Å². The number of benzene rings is 1. The molecule has 0 saturated heterocycles. The van der Waals surface area contributed by atoms with Gasteiger partial charge in [0.2, 0.25) is 0 Å². The minimum atomic E-state index is 0.525. The zero-order valence-corrected chi connectivity index (χ0v) is 14.8. The first-order valence-corrected chi connectivity index (χ1v) is 8.59. The summed E-state index contributed by atoms with van der Waals surface area (Å²) in [7, 11) is 0. The van der Waals surface area contributed by atoms with Gasteiger partial charge < -0.3 is 10.6 Å². The molecule has 0 bridgehead atoms. The van der Waals surface area contributed by atoms with E-state index in [0.717, 1.165) is 38.6 Å². The van der Waals surface area contributed by atoms with Crippen LogP contribution in [-0.4, -0.2) is 16.5 Å². The number of hydrogen-bond donors (Lipinski definition) is 2. The molecule has 0 unspecified atom stereocenters. The highest BCUT2D eigenvalue weighted by Crippen LogP contribution is 2.39. The van der Waals surface area contributed by atoms with Crippen molar-refractivity contribution in [2.45, 2.75) is 25.7 Å². The number of nitrogens with one attached hydrogen (secondary N) is 2. The zero-order valence-electron chi connectivity index (χ0n) is 11.7. The van der Waals surface area contributed by atoms with E-state index in [2.05, 4.69) is 59.4 Å². The van der Waals surface area contributed by atoms with Crippen LogP contribution in [0.3, 0.4) is 0 Å². The van der Waals surface area contributed by atoms with Crippen LogP contribution in [-0.2, 0) is 0 Å². The van der Waals surface area contributed by atoms with E-state index in [4.69, 9.17) is 0 Å². The van der Waals surface area contributed by atoms with Crippen molar-refractivity contribution in [1.29, 1.82) is 0 Å². The number of rotatable bonds is 5. The van der Waals surface area contributed by atoms with E-state index in [1.807, 2.05) is 24.3 Å². The molecule has 1 fully saturated rings. The van der Waals surface area contributed by atoms with Gasteiger partial charge in [0.15, 0.2) is 0 Å². The van der Waals surface area contributed by atoms with Crippen molar-refractivity contribution >= 4 is 49.2 Å². The number of halogens is 2. The number of nitrogens with zero attached hydrogens (tertiary/aromatic N) is 2. The number of hydrogen-bond acceptors (Lipinski definition) is 4. The molecule has 2 aromatic rings. The van der Waals surface area contributed by atoms with Crippen molar-refractivity contribution in [1.82, 2.24) is 9.97 Å². The van der Waals surface area contributed by atoms with E-state index in [-0.39, 0.29) is 0 Å². The maximum absolute atomic E-state index is 4.64. The first kappa shape index (κ1) is 14.8. The maximum atomic E-state index is 4.64. The molecule has 2 N–H and O–H groups in total. The van der Waals surface area contributed by atoms with Crippen molar-refractivity contribution in [3.8, 4) is 0 Å². The summed E-state index contributed by atoms with van der Waals surface area (Å²) in [4.78, 5) is 9.22. The lowest BCUT2D eigenvalue weighted by Crippen LogP contribution is -2.05. The van der Waals surface area contributed by atoms with Gasteiger partial charge >= 0.3 is 0 Å². The molecule has 0 radical (unpaired) electrons. The molecule has 6 heteroatoms. The van der Waals surface area contributed by atoms with Gasteiger partial charge in [-0.1, -0.05) is 15.9 Å². The Labute approximate surface area is 141 Å². The fraction of sp³-hybridized carbons (Fsp3) is 0.333. The number of anilines is 3. The summed E-state index contributed by atoms with van der Waals surface area (Å²) in [5, 5.41) is 6.63. The van der Waals surface area contributed by atoms with Gasteiger partial charge in [-0.2, -0.15) is 0 Å². The predicted molar refractivity (Wildman–Crippen MR) is 93.3 cm³/mol. The van der Waals surface area contributed by atoms with E-state index in [1.54, 1.807) is 0 Å². The summed E-state index contributed by atoms with van der Waals surface area (Å²) < 4.78 is 2.03. The first-order valence-electron chi connectivity index (χ1n) is 7.00. The molecule has 110 valence electrons. The van der Waals surface area contributed by atoms with Gasteiger partial charge in [0.1, 0.15) is 17.5 Å². The summed E-state index contributed by atoms with van der Waals surface area (Å²) >= 11 is 7.02. The van der Waals surface area contributed by atoms with Gasteiger partial charge in [0, 0.05) is 27.5 Å². The third kappa shape index (κ3) is 3.74. The molecule has 3 rings (SSSR count). The van der Waals surface area contributed by atoms with Crippen LogP contribution in [0.2, 0.25) is 0 Å². The van der Waals surface area contributed by atoms with Crippen LogP contribution < -0.4 is 10.6 Å². The Hall–Kier alpha value is -1.14. The molecule has 1 saturated carbocycles. The van der Waals surface area contributed by atoms with E-state index in [0.29, 0.717) is 5.92 Å². The van der Waals surface area contributed by atoms with Crippen LogP contribution in [0, 0.1) is 0 Å². The van der Waals surface area contributed by atoms with Crippen LogP contribution in [0.25, 0.3) is 0 Å². The Morgan fingerprint density at radius 3 is 2.57 bits per heavy atom. The zero-order chi connectivity index (χ0) is 14.8. The standard InChI is InChI=1S/C15H16Br2N4/c1-2-18-13-8-14(21-15(20-13)9-3-4-9)19-12-6-5-10(16)7-11(12)17/h5-9H,2-4H2,1H3,(H2,18,19,20,21). The highest BCUT2D eigenvalue weighted by atomic mass is 79.9. The molecule has 0 aliphatic heterocycles. The van der Waals surface area contributed by atoms with Crippen LogP contribution >= 0.6 is 31.9 Å². The molecule has 1 aromatic heterocycles. The van der Waals surface area contributed by atoms with Gasteiger partial charge in [-0.3, -0.25) is 0 Å². The summed E-state index contributed by atoms with van der Waals surface area (Å²) in [6.45, 7) is 2.92. The normalized spacial score (nSPS) is 14.0. The average Bonchev–Trinajstić information content (AvgIpc) is 3.27. The maximum Gasteiger partial charge on any atom is 0.136 e. The van der Waals surface area contributed by atoms with Crippen molar-refractivity contribution in [3.63, 3.8) is 0 Å². The Kier molecular flexibility index (Phi) is 4.45. The van der Waals surface area contributed by atoms with E-state index in [1.165, 1.54) is 12.8 Å². The van der Waals surface area contributed by atoms with Crippen LogP contribution in [0.1, 0.15) is 31.5 Å². The lowest BCUT2D eigenvalue weighted by molar-refractivity contribution is 0.927. The lowest BCUT2D eigenvalue weighted by Gasteiger charge is -2.11. The third-order valence-corrected chi connectivity index (χ3v) is 4.39. The molecule has 0 atom stereocenters. The second-order valence-electron chi connectivity index (χ2n) is 5.05. The van der Waals surface area contributed by atoms with E-state index in [9.17, 15) is 0 Å². The summed E-state index contributed by atoms with van der Waals surface area (Å²) in [5.41, 5.74) is 0.987. The van der Waals surface area contributed by atoms with Gasteiger partial charge in [-0.25, -0.2) is 9.97 Å². The van der Waals surface area contributed by atoms with E-state index < -0.39 is 0 Å². The highest BCUT2D eigenvalue weighted by molar-refractivity contribution is 9.11. The minimum absolute atomic E-state index is 0.525. The molecule has 1 aliphatic carbocycles. The molecule has 0 amide bonds. The minimum Gasteiger partial charge on any atom is -0.370 e. The fourth-order valence-corrected chi connectivity index (χ4v) is 3.20. The SMILES string of the molecule is CCNc1cc(Nc2ccc(Br)cc2Br)nc(C2CC2)n1. The van der Waals surface area contributed by atoms with Crippen molar-refractivity contribution in [2.24, 2.45) is 0 Å². The van der Waals surface area contributed by atoms with Gasteiger partial charge in [0.25, 0.3) is 0 Å². The van der Waals surface area contributed by atoms with E-state index >= 15 is 0 Å². The highest BCUT2D eigenvalue weighted by Gasteiger charge is 2.27. The molecule has 4 nitrogen and oxygen atoms in total. The second kappa shape index (κ2) is 6.32. The average molecular weight is 412 g/mol. The Morgan fingerprint density at radius 1 is 1.14 bits per heavy atom. The summed E-state index contributed by atoms with van der Waals surface area (Å²) in [6, 6.07) is 7.97. The quantitative estimate of drug-likeness (QED) is 0.722. The van der Waals surface area contributed by atoms with Crippen molar-refractivity contribution < 1.29 is 0 Å². The number of aromatic nitrogens is 2. The molecule has 21 heavy (non-hydrogen) atoms. The van der Waals surface area contributed by atoms with Crippen LogP contribution in [0.4, 0.5) is 17.3 Å².